The Morgan fingerprint density at radius 3 is 2.67 bits per heavy atom. The quantitative estimate of drug-likeness (QED) is 0.521. The maximum atomic E-state index is 10.7. The largest absolute Gasteiger partial charge is 0.358 e. The average Bonchev–Trinajstić information content (AvgIpc) is 2.11. The number of hydrogen-bond donors (Lipinski definition) is 2. The molecule has 0 rings (SSSR count). The van der Waals surface area contributed by atoms with Crippen LogP contribution in [0.25, 0.3) is 0 Å². The molecule has 0 saturated heterocycles. The molecule has 0 aromatic carbocycles. The molecular formula is C8H19N3O. The molecule has 0 radical (unpaired) electrons. The highest BCUT2D eigenvalue weighted by Crippen LogP contribution is 1.76. The third kappa shape index (κ3) is 6.12. The number of carbonyl (C=O) groups is 1. The predicted molar refractivity (Wildman–Crippen MR) is 50.1 cm³/mol. The van der Waals surface area contributed by atoms with Gasteiger partial charge in [-0.25, -0.2) is 0 Å². The molecule has 0 aromatic heterocycles. The number of nitrogens with zero attached hydrogens (tertiary/aromatic N) is 1. The molecule has 0 heterocycles. The lowest BCUT2D eigenvalue weighted by Crippen LogP contribution is -2.35. The number of hydrogen-bond acceptors (Lipinski definition) is 3. The van der Waals surface area contributed by atoms with Gasteiger partial charge in [0.15, 0.2) is 0 Å². The van der Waals surface area contributed by atoms with Crippen LogP contribution in [-0.2, 0) is 4.79 Å². The predicted octanol–water partition coefficient (Wildman–Crippen LogP) is -0.726. The van der Waals surface area contributed by atoms with Crippen molar-refractivity contribution in [2.24, 2.45) is 0 Å². The van der Waals surface area contributed by atoms with Gasteiger partial charge < -0.3 is 15.5 Å². The smallest absolute Gasteiger partial charge is 0.233 e. The summed E-state index contributed by atoms with van der Waals surface area (Å²) in [4.78, 5) is 12.9. The van der Waals surface area contributed by atoms with Crippen LogP contribution >= 0.6 is 0 Å². The van der Waals surface area contributed by atoms with E-state index in [9.17, 15) is 4.79 Å². The molecule has 1 amide bonds. The lowest BCUT2D eigenvalue weighted by Gasteiger charge is -2.13. The van der Waals surface area contributed by atoms with E-state index in [0.717, 1.165) is 19.6 Å². The van der Waals surface area contributed by atoms with Gasteiger partial charge in [-0.2, -0.15) is 0 Å². The van der Waals surface area contributed by atoms with Crippen molar-refractivity contribution in [1.29, 1.82) is 0 Å². The minimum Gasteiger partial charge on any atom is -0.358 e. The molecule has 72 valence electrons. The molecule has 12 heavy (non-hydrogen) atoms. The third-order valence-electron chi connectivity index (χ3n) is 1.77. The van der Waals surface area contributed by atoms with Crippen LogP contribution in [0.5, 0.6) is 0 Å². The van der Waals surface area contributed by atoms with Crippen molar-refractivity contribution in [3.63, 3.8) is 0 Å². The maximum Gasteiger partial charge on any atom is 0.233 e. The molecule has 0 aromatic rings. The Morgan fingerprint density at radius 2 is 2.17 bits per heavy atom. The first-order valence-corrected chi connectivity index (χ1v) is 4.30. The maximum absolute atomic E-state index is 10.7. The zero-order valence-electron chi connectivity index (χ0n) is 8.18. The Morgan fingerprint density at radius 1 is 1.50 bits per heavy atom. The van der Waals surface area contributed by atoms with Crippen molar-refractivity contribution in [3.05, 3.63) is 0 Å². The molecule has 0 unspecified atom stereocenters. The average molecular weight is 173 g/mol. The van der Waals surface area contributed by atoms with E-state index >= 15 is 0 Å². The SMILES string of the molecule is CCN(C)CCNCC(=O)NC. The van der Waals surface area contributed by atoms with Crippen LogP contribution in [0.2, 0.25) is 0 Å². The van der Waals surface area contributed by atoms with Crippen LogP contribution in [0.1, 0.15) is 6.92 Å². The van der Waals surface area contributed by atoms with Gasteiger partial charge in [0.2, 0.25) is 5.91 Å². The molecule has 2 N–H and O–H groups in total. The summed E-state index contributed by atoms with van der Waals surface area (Å²) in [5.74, 6) is 0.0363. The zero-order chi connectivity index (χ0) is 9.40. The molecule has 0 saturated carbocycles. The highest BCUT2D eigenvalue weighted by molar-refractivity contribution is 5.77. The Kier molecular flexibility index (Phi) is 6.70. The lowest BCUT2D eigenvalue weighted by atomic mass is 10.5. The normalized spacial score (nSPS) is 10.3. The van der Waals surface area contributed by atoms with E-state index in [2.05, 4.69) is 29.5 Å². The monoisotopic (exact) mass is 173 g/mol. The van der Waals surface area contributed by atoms with Crippen LogP contribution in [0.15, 0.2) is 0 Å². The molecular weight excluding hydrogens is 154 g/mol. The van der Waals surface area contributed by atoms with Gasteiger partial charge in [0.05, 0.1) is 6.54 Å². The van der Waals surface area contributed by atoms with Gasteiger partial charge in [0.1, 0.15) is 0 Å². The minimum atomic E-state index is 0.0363. The van der Waals surface area contributed by atoms with Gasteiger partial charge in [-0.05, 0) is 13.6 Å². The summed E-state index contributed by atoms with van der Waals surface area (Å²) >= 11 is 0. The molecule has 0 aliphatic heterocycles. The fraction of sp³-hybridized carbons (Fsp3) is 0.875. The summed E-state index contributed by atoms with van der Waals surface area (Å²) < 4.78 is 0. The van der Waals surface area contributed by atoms with Crippen LogP contribution < -0.4 is 10.6 Å². The molecule has 0 fully saturated rings. The van der Waals surface area contributed by atoms with Crippen molar-refractivity contribution >= 4 is 5.91 Å². The van der Waals surface area contributed by atoms with Gasteiger partial charge in [-0.3, -0.25) is 4.79 Å². The van der Waals surface area contributed by atoms with E-state index in [-0.39, 0.29) is 5.91 Å². The number of likely N-dealkylation sites (N-methyl/N-ethyl adjacent to an activating group) is 2. The second kappa shape index (κ2) is 7.06. The van der Waals surface area contributed by atoms with Crippen molar-refractivity contribution in [2.45, 2.75) is 6.92 Å². The van der Waals surface area contributed by atoms with Crippen molar-refractivity contribution in [1.82, 2.24) is 15.5 Å². The van der Waals surface area contributed by atoms with E-state index in [1.807, 2.05) is 0 Å². The molecule has 4 nitrogen and oxygen atoms in total. The van der Waals surface area contributed by atoms with E-state index < -0.39 is 0 Å². The summed E-state index contributed by atoms with van der Waals surface area (Å²) in [7, 11) is 3.70. The Labute approximate surface area is 74.3 Å². The van der Waals surface area contributed by atoms with Crippen molar-refractivity contribution < 1.29 is 4.79 Å². The van der Waals surface area contributed by atoms with E-state index in [4.69, 9.17) is 0 Å². The van der Waals surface area contributed by atoms with E-state index in [1.54, 1.807) is 7.05 Å². The molecule has 0 aliphatic carbocycles. The second-order valence-electron chi connectivity index (χ2n) is 2.75. The summed E-state index contributed by atoms with van der Waals surface area (Å²) in [6.07, 6.45) is 0. The van der Waals surface area contributed by atoms with Crippen molar-refractivity contribution in [3.8, 4) is 0 Å². The van der Waals surface area contributed by atoms with Crippen molar-refractivity contribution in [2.75, 3.05) is 40.3 Å². The van der Waals surface area contributed by atoms with Crippen LogP contribution in [0.4, 0.5) is 0 Å². The Bertz CT molecular complexity index is 127. The number of nitrogens with one attached hydrogen (secondary N) is 2. The summed E-state index contributed by atoms with van der Waals surface area (Å²) in [5.41, 5.74) is 0. The van der Waals surface area contributed by atoms with Gasteiger partial charge in [0.25, 0.3) is 0 Å². The molecule has 0 atom stereocenters. The van der Waals surface area contributed by atoms with Crippen LogP contribution in [-0.4, -0.2) is 51.1 Å². The van der Waals surface area contributed by atoms with Crippen LogP contribution in [0, 0.1) is 0 Å². The van der Waals surface area contributed by atoms with Gasteiger partial charge in [0, 0.05) is 20.1 Å². The first kappa shape index (κ1) is 11.4. The molecule has 4 heteroatoms. The first-order valence-electron chi connectivity index (χ1n) is 4.30. The fourth-order valence-electron chi connectivity index (χ4n) is 0.718. The minimum absolute atomic E-state index is 0.0363. The van der Waals surface area contributed by atoms with Gasteiger partial charge >= 0.3 is 0 Å². The number of carbonyl (C=O) groups excluding carboxylic acids is 1. The second-order valence-corrected chi connectivity index (χ2v) is 2.75. The molecule has 0 aliphatic rings. The van der Waals surface area contributed by atoms with Gasteiger partial charge in [-0.15, -0.1) is 0 Å². The topological polar surface area (TPSA) is 44.4 Å². The first-order chi connectivity index (χ1) is 5.70. The lowest BCUT2D eigenvalue weighted by molar-refractivity contribution is -0.119. The standard InChI is InChI=1S/C8H19N3O/c1-4-11(3)6-5-10-7-8(12)9-2/h10H,4-7H2,1-3H3,(H,9,12). The zero-order valence-corrected chi connectivity index (χ0v) is 8.18. The van der Waals surface area contributed by atoms with Crippen LogP contribution in [0.3, 0.4) is 0 Å². The number of amides is 1. The Hall–Kier alpha value is -0.610. The van der Waals surface area contributed by atoms with E-state index in [1.165, 1.54) is 0 Å². The van der Waals surface area contributed by atoms with E-state index in [0.29, 0.717) is 6.54 Å². The highest BCUT2D eigenvalue weighted by Gasteiger charge is 1.96. The summed E-state index contributed by atoms with van der Waals surface area (Å²) in [6, 6.07) is 0. The third-order valence-corrected chi connectivity index (χ3v) is 1.77. The summed E-state index contributed by atoms with van der Waals surface area (Å²) in [6.45, 7) is 5.40. The van der Waals surface area contributed by atoms with Gasteiger partial charge in [-0.1, -0.05) is 6.92 Å². The number of rotatable bonds is 6. The molecule has 0 spiro atoms. The fourth-order valence-corrected chi connectivity index (χ4v) is 0.718. The Balaban J connectivity index is 3.15. The highest BCUT2D eigenvalue weighted by atomic mass is 16.1. The molecule has 0 bridgehead atoms. The summed E-state index contributed by atoms with van der Waals surface area (Å²) in [5, 5.41) is 5.60.